The molecule has 0 saturated carbocycles. The zero-order chi connectivity index (χ0) is 15.2. The van der Waals surface area contributed by atoms with Crippen molar-refractivity contribution in [3.63, 3.8) is 0 Å². The number of anilines is 1. The van der Waals surface area contributed by atoms with Crippen molar-refractivity contribution >= 4 is 11.6 Å². The van der Waals surface area contributed by atoms with Crippen molar-refractivity contribution in [2.75, 3.05) is 11.9 Å². The van der Waals surface area contributed by atoms with Crippen molar-refractivity contribution in [1.82, 2.24) is 0 Å². The molecular formula is C16H17FN2O2. The molecular weight excluding hydrogens is 271 g/mol. The van der Waals surface area contributed by atoms with Crippen LogP contribution in [-0.4, -0.2) is 17.6 Å². The summed E-state index contributed by atoms with van der Waals surface area (Å²) in [6, 6.07) is 11.0. The summed E-state index contributed by atoms with van der Waals surface area (Å²) >= 11 is 0. The smallest absolute Gasteiger partial charge is 0.262 e. The number of rotatable bonds is 5. The molecule has 0 spiro atoms. The average Bonchev–Trinajstić information content (AvgIpc) is 2.45. The highest BCUT2D eigenvalue weighted by Gasteiger charge is 2.16. The van der Waals surface area contributed by atoms with E-state index in [2.05, 4.69) is 5.32 Å². The van der Waals surface area contributed by atoms with E-state index < -0.39 is 11.7 Å². The number of hydrogen-bond donors (Lipinski definition) is 3. The van der Waals surface area contributed by atoms with E-state index >= 15 is 0 Å². The molecule has 4 N–H and O–H groups in total. The molecule has 0 aliphatic carbocycles. The van der Waals surface area contributed by atoms with Crippen LogP contribution >= 0.6 is 0 Å². The van der Waals surface area contributed by atoms with Gasteiger partial charge in [-0.05, 0) is 49.2 Å². The molecule has 0 heterocycles. The molecule has 4 nitrogen and oxygen atoms in total. The molecule has 2 aromatic rings. The Morgan fingerprint density at radius 3 is 2.71 bits per heavy atom. The van der Waals surface area contributed by atoms with Crippen LogP contribution in [0.1, 0.15) is 22.3 Å². The van der Waals surface area contributed by atoms with Gasteiger partial charge in [0.05, 0.1) is 0 Å². The Kier molecular flexibility index (Phi) is 4.90. The number of aryl methyl sites for hydroxylation is 1. The first-order chi connectivity index (χ1) is 10.1. The Labute approximate surface area is 122 Å². The van der Waals surface area contributed by atoms with E-state index in [1.54, 1.807) is 6.07 Å². The van der Waals surface area contributed by atoms with Crippen molar-refractivity contribution in [3.8, 4) is 5.75 Å². The second kappa shape index (κ2) is 6.85. The first-order valence-corrected chi connectivity index (χ1v) is 6.69. The van der Waals surface area contributed by atoms with Gasteiger partial charge in [-0.15, -0.1) is 0 Å². The predicted octanol–water partition coefficient (Wildman–Crippen LogP) is 2.67. The van der Waals surface area contributed by atoms with E-state index in [4.69, 9.17) is 5.73 Å². The molecule has 0 saturated heterocycles. The number of carbonyl (C=O) groups excluding carboxylic acids is 1. The Balaban J connectivity index is 2.16. The maximum absolute atomic E-state index is 13.6. The fourth-order valence-corrected chi connectivity index (χ4v) is 2.04. The molecule has 2 aromatic carbocycles. The molecule has 21 heavy (non-hydrogen) atoms. The lowest BCUT2D eigenvalue weighted by Gasteiger charge is -2.09. The molecule has 0 atom stereocenters. The third-order valence-electron chi connectivity index (χ3n) is 3.07. The zero-order valence-corrected chi connectivity index (χ0v) is 11.5. The molecule has 1 amide bonds. The minimum atomic E-state index is -0.758. The standard InChI is InChI=1S/C16H17FN2O2/c17-13-7-2-8-14(20)15(13)16(21)19-12-6-1-4-11(10-12)5-3-9-18/h1-2,4,6-8,10,20H,3,5,9,18H2,(H,19,21). The Morgan fingerprint density at radius 1 is 1.24 bits per heavy atom. The highest BCUT2D eigenvalue weighted by atomic mass is 19.1. The van der Waals surface area contributed by atoms with Crippen LogP contribution in [0.3, 0.4) is 0 Å². The van der Waals surface area contributed by atoms with Crippen molar-refractivity contribution in [2.45, 2.75) is 12.8 Å². The van der Waals surface area contributed by atoms with Gasteiger partial charge in [0.1, 0.15) is 17.1 Å². The lowest BCUT2D eigenvalue weighted by molar-refractivity contribution is 0.102. The van der Waals surface area contributed by atoms with E-state index in [0.717, 1.165) is 24.5 Å². The minimum Gasteiger partial charge on any atom is -0.507 e. The second-order valence-electron chi connectivity index (χ2n) is 4.68. The van der Waals surface area contributed by atoms with Crippen LogP contribution in [0.5, 0.6) is 5.75 Å². The minimum absolute atomic E-state index is 0.357. The lowest BCUT2D eigenvalue weighted by atomic mass is 10.1. The topological polar surface area (TPSA) is 75.3 Å². The van der Waals surface area contributed by atoms with Gasteiger partial charge in [-0.25, -0.2) is 4.39 Å². The van der Waals surface area contributed by atoms with Gasteiger partial charge in [0.15, 0.2) is 0 Å². The summed E-state index contributed by atoms with van der Waals surface area (Å²) in [5.74, 6) is -1.82. The largest absolute Gasteiger partial charge is 0.507 e. The van der Waals surface area contributed by atoms with Crippen LogP contribution in [0.25, 0.3) is 0 Å². The highest BCUT2D eigenvalue weighted by molar-refractivity contribution is 6.06. The van der Waals surface area contributed by atoms with E-state index in [1.165, 1.54) is 12.1 Å². The van der Waals surface area contributed by atoms with E-state index in [-0.39, 0.29) is 11.3 Å². The predicted molar refractivity (Wildman–Crippen MR) is 79.8 cm³/mol. The molecule has 2 rings (SSSR count). The van der Waals surface area contributed by atoms with Gasteiger partial charge in [-0.2, -0.15) is 0 Å². The SMILES string of the molecule is NCCCc1cccc(NC(=O)c2c(O)cccc2F)c1. The average molecular weight is 288 g/mol. The number of hydrogen-bond acceptors (Lipinski definition) is 3. The molecule has 0 aromatic heterocycles. The maximum atomic E-state index is 13.6. The Bertz CT molecular complexity index is 624. The van der Waals surface area contributed by atoms with Gasteiger partial charge in [0.2, 0.25) is 0 Å². The summed E-state index contributed by atoms with van der Waals surface area (Å²) in [6.07, 6.45) is 1.66. The summed E-state index contributed by atoms with van der Waals surface area (Å²) in [5, 5.41) is 12.2. The van der Waals surface area contributed by atoms with Crippen LogP contribution < -0.4 is 11.1 Å². The molecule has 0 fully saturated rings. The molecule has 0 unspecified atom stereocenters. The van der Waals surface area contributed by atoms with Crippen LogP contribution in [0.15, 0.2) is 42.5 Å². The third-order valence-corrected chi connectivity index (χ3v) is 3.07. The fourth-order valence-electron chi connectivity index (χ4n) is 2.04. The number of amides is 1. The molecule has 0 aliphatic rings. The van der Waals surface area contributed by atoms with Crippen LogP contribution in [0.4, 0.5) is 10.1 Å². The number of halogens is 1. The van der Waals surface area contributed by atoms with Crippen molar-refractivity contribution < 1.29 is 14.3 Å². The molecule has 0 radical (unpaired) electrons. The third kappa shape index (κ3) is 3.79. The maximum Gasteiger partial charge on any atom is 0.262 e. The fraction of sp³-hybridized carbons (Fsp3) is 0.188. The van der Waals surface area contributed by atoms with Crippen LogP contribution in [0, 0.1) is 5.82 Å². The summed E-state index contributed by atoms with van der Waals surface area (Å²) < 4.78 is 13.6. The van der Waals surface area contributed by atoms with Gasteiger partial charge in [0, 0.05) is 5.69 Å². The Hall–Kier alpha value is -2.40. The number of carbonyl (C=O) groups is 1. The van der Waals surface area contributed by atoms with Crippen LogP contribution in [0.2, 0.25) is 0 Å². The first-order valence-electron chi connectivity index (χ1n) is 6.69. The monoisotopic (exact) mass is 288 g/mol. The second-order valence-corrected chi connectivity index (χ2v) is 4.68. The van der Waals surface area contributed by atoms with Crippen molar-refractivity contribution in [2.24, 2.45) is 5.73 Å². The van der Waals surface area contributed by atoms with Gasteiger partial charge < -0.3 is 16.2 Å². The van der Waals surface area contributed by atoms with E-state index in [1.807, 2.05) is 18.2 Å². The number of phenols is 1. The van der Waals surface area contributed by atoms with Gasteiger partial charge >= 0.3 is 0 Å². The number of benzene rings is 2. The molecule has 5 heteroatoms. The van der Waals surface area contributed by atoms with Crippen molar-refractivity contribution in [3.05, 3.63) is 59.4 Å². The summed E-state index contributed by atoms with van der Waals surface area (Å²) in [7, 11) is 0. The number of aromatic hydroxyl groups is 1. The summed E-state index contributed by atoms with van der Waals surface area (Å²) in [4.78, 5) is 12.0. The number of nitrogens with two attached hydrogens (primary N) is 1. The quantitative estimate of drug-likeness (QED) is 0.791. The Morgan fingerprint density at radius 2 is 2.00 bits per heavy atom. The number of phenolic OH excluding ortho intramolecular Hbond substituents is 1. The van der Waals surface area contributed by atoms with Crippen LogP contribution in [-0.2, 0) is 6.42 Å². The highest BCUT2D eigenvalue weighted by Crippen LogP contribution is 2.21. The summed E-state index contributed by atoms with van der Waals surface area (Å²) in [6.45, 7) is 0.597. The molecule has 110 valence electrons. The van der Waals surface area contributed by atoms with E-state index in [9.17, 15) is 14.3 Å². The normalized spacial score (nSPS) is 10.4. The van der Waals surface area contributed by atoms with Gasteiger partial charge in [-0.3, -0.25) is 4.79 Å². The summed E-state index contributed by atoms with van der Waals surface area (Å²) in [5.41, 5.74) is 6.70. The first kappa shape index (κ1) is 15.0. The molecule has 0 aliphatic heterocycles. The van der Waals surface area contributed by atoms with Gasteiger partial charge in [0.25, 0.3) is 5.91 Å². The van der Waals surface area contributed by atoms with Crippen molar-refractivity contribution in [1.29, 1.82) is 0 Å². The van der Waals surface area contributed by atoms with E-state index in [0.29, 0.717) is 12.2 Å². The number of nitrogens with one attached hydrogen (secondary N) is 1. The van der Waals surface area contributed by atoms with Gasteiger partial charge in [-0.1, -0.05) is 18.2 Å². The lowest BCUT2D eigenvalue weighted by Crippen LogP contribution is -2.14. The zero-order valence-electron chi connectivity index (χ0n) is 11.5. The molecule has 0 bridgehead atoms.